The summed E-state index contributed by atoms with van der Waals surface area (Å²) in [6.07, 6.45) is 0.618. The van der Waals surface area contributed by atoms with E-state index in [2.05, 4.69) is 5.32 Å². The van der Waals surface area contributed by atoms with E-state index in [1.165, 1.54) is 0 Å². The zero-order valence-electron chi connectivity index (χ0n) is 15.4. The molecule has 0 bridgehead atoms. The summed E-state index contributed by atoms with van der Waals surface area (Å²) in [6.45, 7) is 8.36. The normalized spacial score (nSPS) is 28.0. The Morgan fingerprint density at radius 3 is 2.72 bits per heavy atom. The molecule has 0 aromatic heterocycles. The van der Waals surface area contributed by atoms with Crippen LogP contribution in [0.15, 0.2) is 0 Å². The summed E-state index contributed by atoms with van der Waals surface area (Å²) < 4.78 is 10.4. The molecule has 8 nitrogen and oxygen atoms in total. The molecule has 0 saturated carbocycles. The number of cyclic esters (lactones) is 1. The molecule has 2 aliphatic heterocycles. The van der Waals surface area contributed by atoms with Gasteiger partial charge in [0.05, 0.1) is 12.5 Å². The summed E-state index contributed by atoms with van der Waals surface area (Å²) in [7, 11) is 0. The van der Waals surface area contributed by atoms with Crippen LogP contribution >= 0.6 is 0 Å². The van der Waals surface area contributed by atoms with Gasteiger partial charge >= 0.3 is 5.97 Å². The summed E-state index contributed by atoms with van der Waals surface area (Å²) >= 11 is 0. The molecule has 142 valence electrons. The Bertz CT molecular complexity index is 531. The maximum atomic E-state index is 12.7. The highest BCUT2D eigenvalue weighted by molar-refractivity contribution is 5.91. The van der Waals surface area contributed by atoms with E-state index >= 15 is 0 Å². The van der Waals surface area contributed by atoms with Crippen molar-refractivity contribution in [3.8, 4) is 0 Å². The molecular formula is C17H29N3O5. The lowest BCUT2D eigenvalue weighted by molar-refractivity contribution is -0.164. The molecule has 2 rings (SSSR count). The molecule has 2 saturated heterocycles. The third kappa shape index (κ3) is 4.49. The van der Waals surface area contributed by atoms with Crippen LogP contribution in [0.5, 0.6) is 0 Å². The quantitative estimate of drug-likeness (QED) is 0.679. The first-order chi connectivity index (χ1) is 11.6. The fourth-order valence-electron chi connectivity index (χ4n) is 3.10. The third-order valence-electron chi connectivity index (χ3n) is 4.66. The first-order valence-electron chi connectivity index (χ1n) is 8.82. The zero-order chi connectivity index (χ0) is 18.8. The van der Waals surface area contributed by atoms with Crippen molar-refractivity contribution in [2.75, 3.05) is 13.2 Å². The lowest BCUT2D eigenvalue weighted by Gasteiger charge is -2.33. The second-order valence-electron chi connectivity index (χ2n) is 7.67. The molecule has 2 amide bonds. The Morgan fingerprint density at radius 2 is 2.12 bits per heavy atom. The van der Waals surface area contributed by atoms with Crippen molar-refractivity contribution in [2.24, 2.45) is 11.1 Å². The second-order valence-corrected chi connectivity index (χ2v) is 7.67. The Morgan fingerprint density at radius 1 is 1.44 bits per heavy atom. The lowest BCUT2D eigenvalue weighted by atomic mass is 9.86. The van der Waals surface area contributed by atoms with Crippen LogP contribution in [-0.4, -0.2) is 60.3 Å². The van der Waals surface area contributed by atoms with E-state index in [9.17, 15) is 14.4 Å². The molecule has 0 aliphatic carbocycles. The Kier molecular flexibility index (Phi) is 6.05. The van der Waals surface area contributed by atoms with Crippen LogP contribution in [-0.2, 0) is 23.9 Å². The number of esters is 1. The van der Waals surface area contributed by atoms with Crippen LogP contribution in [0.1, 0.15) is 47.0 Å². The molecule has 25 heavy (non-hydrogen) atoms. The molecule has 4 atom stereocenters. The van der Waals surface area contributed by atoms with Crippen molar-refractivity contribution >= 4 is 17.8 Å². The Hall–Kier alpha value is -1.67. The summed E-state index contributed by atoms with van der Waals surface area (Å²) in [6, 6.07) is -1.78. The van der Waals surface area contributed by atoms with E-state index in [0.717, 1.165) is 6.42 Å². The Labute approximate surface area is 148 Å². The molecular weight excluding hydrogens is 326 g/mol. The molecule has 2 heterocycles. The van der Waals surface area contributed by atoms with E-state index in [1.54, 1.807) is 11.8 Å². The molecule has 0 aromatic rings. The van der Waals surface area contributed by atoms with Crippen molar-refractivity contribution in [2.45, 2.75) is 71.4 Å². The van der Waals surface area contributed by atoms with E-state index < -0.39 is 30.4 Å². The van der Waals surface area contributed by atoms with Gasteiger partial charge < -0.3 is 25.4 Å². The fourth-order valence-corrected chi connectivity index (χ4v) is 3.10. The number of carbonyl (C=O) groups is 3. The monoisotopic (exact) mass is 355 g/mol. The maximum Gasteiger partial charge on any atom is 0.310 e. The molecule has 1 unspecified atom stereocenters. The first kappa shape index (κ1) is 19.7. The number of nitrogens with one attached hydrogen (secondary N) is 1. The van der Waals surface area contributed by atoms with Gasteiger partial charge in [0, 0.05) is 13.2 Å². The number of carbonyl (C=O) groups excluding carboxylic acids is 3. The highest BCUT2D eigenvalue weighted by Gasteiger charge is 2.42. The molecule has 3 N–H and O–H groups in total. The number of nitrogens with two attached hydrogens (primary N) is 1. The minimum Gasteiger partial charge on any atom is -0.433 e. The van der Waals surface area contributed by atoms with Crippen LogP contribution in [0.4, 0.5) is 0 Å². The van der Waals surface area contributed by atoms with Gasteiger partial charge in [0.2, 0.25) is 18.1 Å². The van der Waals surface area contributed by atoms with E-state index in [-0.39, 0.29) is 23.7 Å². The second kappa shape index (κ2) is 7.70. The number of amides is 2. The molecule has 0 spiro atoms. The van der Waals surface area contributed by atoms with E-state index in [4.69, 9.17) is 15.2 Å². The van der Waals surface area contributed by atoms with E-state index in [1.807, 2.05) is 20.8 Å². The average Bonchev–Trinajstić information content (AvgIpc) is 3.12. The lowest BCUT2D eigenvalue weighted by Crippen LogP contribution is -2.56. The fraction of sp³-hybridized carbons (Fsp3) is 0.824. The van der Waals surface area contributed by atoms with Gasteiger partial charge in [0.25, 0.3) is 0 Å². The summed E-state index contributed by atoms with van der Waals surface area (Å²) in [4.78, 5) is 38.4. The van der Waals surface area contributed by atoms with Crippen LogP contribution in [0.2, 0.25) is 0 Å². The minimum absolute atomic E-state index is 0.0680. The third-order valence-corrected chi connectivity index (χ3v) is 4.66. The largest absolute Gasteiger partial charge is 0.433 e. The van der Waals surface area contributed by atoms with Gasteiger partial charge in [-0.1, -0.05) is 20.8 Å². The smallest absolute Gasteiger partial charge is 0.310 e. The minimum atomic E-state index is -0.774. The maximum absolute atomic E-state index is 12.7. The summed E-state index contributed by atoms with van der Waals surface area (Å²) in [5.41, 5.74) is 5.69. The summed E-state index contributed by atoms with van der Waals surface area (Å²) in [5, 5.41) is 2.80. The van der Waals surface area contributed by atoms with Crippen molar-refractivity contribution in [1.82, 2.24) is 10.2 Å². The summed E-state index contributed by atoms with van der Waals surface area (Å²) in [5.74, 6) is -0.914. The highest BCUT2D eigenvalue weighted by Crippen LogP contribution is 2.25. The zero-order valence-corrected chi connectivity index (χ0v) is 15.4. The topological polar surface area (TPSA) is 111 Å². The van der Waals surface area contributed by atoms with Crippen LogP contribution in [0.3, 0.4) is 0 Å². The van der Waals surface area contributed by atoms with Crippen molar-refractivity contribution < 1.29 is 23.9 Å². The number of rotatable bonds is 5. The predicted octanol–water partition coefficient (Wildman–Crippen LogP) is 0.145. The number of likely N-dealkylation sites (tertiary alicyclic amines) is 1. The van der Waals surface area contributed by atoms with Gasteiger partial charge in [-0.05, 0) is 25.2 Å². The van der Waals surface area contributed by atoms with Crippen molar-refractivity contribution in [1.29, 1.82) is 0 Å². The molecule has 8 heteroatoms. The van der Waals surface area contributed by atoms with Crippen molar-refractivity contribution in [3.63, 3.8) is 0 Å². The van der Waals surface area contributed by atoms with Crippen LogP contribution in [0.25, 0.3) is 0 Å². The van der Waals surface area contributed by atoms with Gasteiger partial charge in [0.15, 0.2) is 0 Å². The van der Waals surface area contributed by atoms with Gasteiger partial charge in [-0.15, -0.1) is 0 Å². The predicted molar refractivity (Wildman–Crippen MR) is 90.2 cm³/mol. The van der Waals surface area contributed by atoms with Gasteiger partial charge in [-0.2, -0.15) is 0 Å². The molecule has 0 radical (unpaired) electrons. The van der Waals surface area contributed by atoms with Gasteiger partial charge in [0.1, 0.15) is 12.1 Å². The van der Waals surface area contributed by atoms with Crippen LogP contribution < -0.4 is 11.1 Å². The average molecular weight is 355 g/mol. The Balaban J connectivity index is 2.03. The van der Waals surface area contributed by atoms with E-state index in [0.29, 0.717) is 19.6 Å². The standard InChI is InChI=1S/C17H29N3O5/c1-5-24-16-10(9-12(21)25-16)19-14(22)11-7-6-8-20(11)15(23)13(18)17(2,3)4/h10-11,13,16H,5-9,18H2,1-4H3,(H,19,22)/t10-,11?,13+,16+/m0/s1. The molecule has 2 aliphatic rings. The molecule has 0 aromatic carbocycles. The SMILES string of the molecule is CCO[C@@H]1OC(=O)C[C@@H]1NC(=O)C1CCCN1C(=O)[C@@H](N)C(C)(C)C. The van der Waals surface area contributed by atoms with Crippen LogP contribution in [0, 0.1) is 5.41 Å². The van der Waals surface area contributed by atoms with Crippen molar-refractivity contribution in [3.05, 3.63) is 0 Å². The number of hydrogen-bond acceptors (Lipinski definition) is 6. The number of ether oxygens (including phenoxy) is 2. The first-order valence-corrected chi connectivity index (χ1v) is 8.82. The van der Waals surface area contributed by atoms with Gasteiger partial charge in [-0.25, -0.2) is 0 Å². The number of hydrogen-bond donors (Lipinski definition) is 2. The van der Waals surface area contributed by atoms with Gasteiger partial charge in [-0.3, -0.25) is 14.4 Å². The highest BCUT2D eigenvalue weighted by atomic mass is 16.7. The molecule has 2 fully saturated rings. The number of nitrogens with zero attached hydrogens (tertiary/aromatic N) is 1.